The highest BCUT2D eigenvalue weighted by atomic mass is 16.3. The SMILES string of the molecule is Cc1ccoc1C(=O)NC[C@H]1CCC(=O)N(C2CC2)[C@@H]1c1cnn(C)c1. The molecule has 2 aromatic heterocycles. The van der Waals surface area contributed by atoms with E-state index in [2.05, 4.69) is 10.4 Å². The number of hydrogen-bond donors (Lipinski definition) is 1. The van der Waals surface area contributed by atoms with Crippen molar-refractivity contribution in [2.75, 3.05) is 6.54 Å². The molecule has 1 saturated heterocycles. The van der Waals surface area contributed by atoms with Crippen LogP contribution in [0.5, 0.6) is 0 Å². The number of nitrogens with one attached hydrogen (secondary N) is 1. The number of furan rings is 1. The highest BCUT2D eigenvalue weighted by Gasteiger charge is 2.44. The van der Waals surface area contributed by atoms with E-state index in [9.17, 15) is 9.59 Å². The smallest absolute Gasteiger partial charge is 0.287 e. The van der Waals surface area contributed by atoms with Crippen molar-refractivity contribution in [1.82, 2.24) is 20.0 Å². The van der Waals surface area contributed by atoms with Gasteiger partial charge in [0.05, 0.1) is 18.5 Å². The van der Waals surface area contributed by atoms with Crippen molar-refractivity contribution in [3.8, 4) is 0 Å². The monoisotopic (exact) mass is 356 g/mol. The van der Waals surface area contributed by atoms with Crippen LogP contribution in [-0.4, -0.2) is 39.1 Å². The molecule has 3 heterocycles. The standard InChI is InChI=1S/C19H24N4O3/c1-12-7-8-26-18(12)19(25)20-9-13-3-6-16(24)23(15-4-5-15)17(13)14-10-21-22(2)11-14/h7-8,10-11,13,15,17H,3-6,9H2,1-2H3,(H,20,25)/t13-,17+/m1/s1. The van der Waals surface area contributed by atoms with Gasteiger partial charge >= 0.3 is 0 Å². The highest BCUT2D eigenvalue weighted by molar-refractivity contribution is 5.92. The number of aryl methyl sites for hydroxylation is 2. The molecular weight excluding hydrogens is 332 g/mol. The van der Waals surface area contributed by atoms with Crippen LogP contribution in [0.3, 0.4) is 0 Å². The molecule has 4 rings (SSSR count). The molecule has 0 radical (unpaired) electrons. The van der Waals surface area contributed by atoms with E-state index in [4.69, 9.17) is 4.42 Å². The summed E-state index contributed by atoms with van der Waals surface area (Å²) >= 11 is 0. The number of carbonyl (C=O) groups is 2. The van der Waals surface area contributed by atoms with Crippen LogP contribution in [-0.2, 0) is 11.8 Å². The van der Waals surface area contributed by atoms with E-state index >= 15 is 0 Å². The summed E-state index contributed by atoms with van der Waals surface area (Å²) in [5, 5.41) is 7.29. The van der Waals surface area contributed by atoms with Crippen LogP contribution in [0.4, 0.5) is 0 Å². The minimum atomic E-state index is -0.202. The van der Waals surface area contributed by atoms with Crippen molar-refractivity contribution in [1.29, 1.82) is 0 Å². The van der Waals surface area contributed by atoms with Gasteiger partial charge in [0.2, 0.25) is 5.91 Å². The van der Waals surface area contributed by atoms with Gasteiger partial charge in [-0.2, -0.15) is 5.10 Å². The first kappa shape index (κ1) is 16.9. The maximum absolute atomic E-state index is 12.6. The van der Waals surface area contributed by atoms with Crippen molar-refractivity contribution in [2.45, 2.75) is 44.7 Å². The molecule has 7 nitrogen and oxygen atoms in total. The van der Waals surface area contributed by atoms with E-state index in [0.717, 1.165) is 30.4 Å². The molecule has 0 bridgehead atoms. The first-order chi connectivity index (χ1) is 12.5. The van der Waals surface area contributed by atoms with E-state index in [-0.39, 0.29) is 23.8 Å². The van der Waals surface area contributed by atoms with Gasteiger partial charge in [0.15, 0.2) is 5.76 Å². The lowest BCUT2D eigenvalue weighted by Gasteiger charge is -2.41. The maximum atomic E-state index is 12.6. The number of carbonyl (C=O) groups excluding carboxylic acids is 2. The fraction of sp³-hybridized carbons (Fsp3) is 0.526. The zero-order valence-corrected chi connectivity index (χ0v) is 15.1. The average Bonchev–Trinajstić information content (AvgIpc) is 3.22. The molecule has 0 unspecified atom stereocenters. The Labute approximate surface area is 152 Å². The molecule has 2 amide bonds. The van der Waals surface area contributed by atoms with Gasteiger partial charge in [-0.3, -0.25) is 14.3 Å². The van der Waals surface area contributed by atoms with Crippen molar-refractivity contribution in [3.63, 3.8) is 0 Å². The number of hydrogen-bond acceptors (Lipinski definition) is 4. The fourth-order valence-corrected chi connectivity index (χ4v) is 3.91. The Bertz CT molecular complexity index is 820. The zero-order valence-electron chi connectivity index (χ0n) is 15.1. The summed E-state index contributed by atoms with van der Waals surface area (Å²) in [6, 6.07) is 2.08. The summed E-state index contributed by atoms with van der Waals surface area (Å²) in [5.74, 6) is 0.531. The number of nitrogens with zero attached hydrogens (tertiary/aromatic N) is 3. The van der Waals surface area contributed by atoms with Crippen LogP contribution in [0.2, 0.25) is 0 Å². The second-order valence-corrected chi connectivity index (χ2v) is 7.37. The van der Waals surface area contributed by atoms with E-state index < -0.39 is 0 Å². The Hall–Kier alpha value is -2.57. The predicted molar refractivity (Wildman–Crippen MR) is 94.3 cm³/mol. The van der Waals surface area contributed by atoms with Gasteiger partial charge in [-0.1, -0.05) is 0 Å². The summed E-state index contributed by atoms with van der Waals surface area (Å²) in [5.41, 5.74) is 1.87. The number of aromatic nitrogens is 2. The third-order valence-corrected chi connectivity index (χ3v) is 5.36. The minimum Gasteiger partial charge on any atom is -0.459 e. The van der Waals surface area contributed by atoms with Crippen LogP contribution in [0, 0.1) is 12.8 Å². The lowest BCUT2D eigenvalue weighted by atomic mass is 9.85. The quantitative estimate of drug-likeness (QED) is 0.890. The minimum absolute atomic E-state index is 0.0320. The zero-order chi connectivity index (χ0) is 18.3. The van der Waals surface area contributed by atoms with Crippen LogP contribution in [0.1, 0.15) is 53.4 Å². The maximum Gasteiger partial charge on any atom is 0.287 e. The third-order valence-electron chi connectivity index (χ3n) is 5.36. The Kier molecular flexibility index (Phi) is 4.30. The third kappa shape index (κ3) is 3.13. The molecule has 0 aromatic carbocycles. The van der Waals surface area contributed by atoms with Crippen LogP contribution >= 0.6 is 0 Å². The summed E-state index contributed by atoms with van der Waals surface area (Å²) < 4.78 is 7.04. The second-order valence-electron chi connectivity index (χ2n) is 7.37. The van der Waals surface area contributed by atoms with E-state index in [1.807, 2.05) is 31.3 Å². The predicted octanol–water partition coefficient (Wildman–Crippen LogP) is 2.19. The molecule has 138 valence electrons. The molecule has 7 heteroatoms. The Balaban J connectivity index is 1.54. The summed E-state index contributed by atoms with van der Waals surface area (Å²) in [6.45, 7) is 2.36. The highest BCUT2D eigenvalue weighted by Crippen LogP contribution is 2.43. The average molecular weight is 356 g/mol. The number of rotatable bonds is 5. The Morgan fingerprint density at radius 1 is 1.38 bits per heavy atom. The van der Waals surface area contributed by atoms with Crippen LogP contribution in [0.15, 0.2) is 29.1 Å². The molecule has 2 fully saturated rings. The second kappa shape index (κ2) is 6.63. The normalized spacial score (nSPS) is 23.3. The Morgan fingerprint density at radius 2 is 2.19 bits per heavy atom. The largest absolute Gasteiger partial charge is 0.459 e. The molecule has 1 aliphatic carbocycles. The molecule has 0 spiro atoms. The molecule has 1 aliphatic heterocycles. The Morgan fingerprint density at radius 3 is 2.81 bits per heavy atom. The molecular formula is C19H24N4O3. The van der Waals surface area contributed by atoms with Gasteiger partial charge in [0.1, 0.15) is 0 Å². The first-order valence-electron chi connectivity index (χ1n) is 9.16. The van der Waals surface area contributed by atoms with Gasteiger partial charge in [-0.25, -0.2) is 0 Å². The van der Waals surface area contributed by atoms with Crippen molar-refractivity contribution < 1.29 is 14.0 Å². The van der Waals surface area contributed by atoms with Gasteiger partial charge in [0.25, 0.3) is 5.91 Å². The number of likely N-dealkylation sites (tertiary alicyclic amines) is 1. The first-order valence-corrected chi connectivity index (χ1v) is 9.16. The van der Waals surface area contributed by atoms with Crippen molar-refractivity contribution in [2.24, 2.45) is 13.0 Å². The van der Waals surface area contributed by atoms with Crippen molar-refractivity contribution >= 4 is 11.8 Å². The topological polar surface area (TPSA) is 80.4 Å². The summed E-state index contributed by atoms with van der Waals surface area (Å²) in [4.78, 5) is 27.0. The molecule has 1 saturated carbocycles. The molecule has 26 heavy (non-hydrogen) atoms. The van der Waals surface area contributed by atoms with Gasteiger partial charge in [-0.15, -0.1) is 0 Å². The van der Waals surface area contributed by atoms with Crippen LogP contribution < -0.4 is 5.32 Å². The van der Waals surface area contributed by atoms with Gasteiger partial charge in [-0.05, 0) is 32.3 Å². The molecule has 1 N–H and O–H groups in total. The fourth-order valence-electron chi connectivity index (χ4n) is 3.91. The molecule has 2 atom stereocenters. The molecule has 2 aromatic rings. The lowest BCUT2D eigenvalue weighted by Crippen LogP contribution is -2.47. The van der Waals surface area contributed by atoms with Gasteiger partial charge in [0, 0.05) is 49.3 Å². The van der Waals surface area contributed by atoms with E-state index in [1.54, 1.807) is 10.7 Å². The van der Waals surface area contributed by atoms with Gasteiger partial charge < -0.3 is 14.6 Å². The summed E-state index contributed by atoms with van der Waals surface area (Å²) in [7, 11) is 1.88. The number of piperidine rings is 1. The van der Waals surface area contributed by atoms with Crippen molar-refractivity contribution in [3.05, 3.63) is 41.6 Å². The molecule has 2 aliphatic rings. The van der Waals surface area contributed by atoms with E-state index in [1.165, 1.54) is 6.26 Å². The lowest BCUT2D eigenvalue weighted by molar-refractivity contribution is -0.139. The summed E-state index contributed by atoms with van der Waals surface area (Å²) in [6.07, 6.45) is 8.76. The van der Waals surface area contributed by atoms with Crippen LogP contribution in [0.25, 0.3) is 0 Å². The number of amides is 2. The van der Waals surface area contributed by atoms with E-state index in [0.29, 0.717) is 24.8 Å².